The maximum Gasteiger partial charge on any atom is 0.182 e. The Bertz CT molecular complexity index is 776. The van der Waals surface area contributed by atoms with E-state index in [1.54, 1.807) is 19.2 Å². The third-order valence-electron chi connectivity index (χ3n) is 4.52. The molecule has 0 atom stereocenters. The molecule has 27 heavy (non-hydrogen) atoms. The minimum absolute atomic E-state index is 0. The fraction of sp³-hybridized carbons (Fsp3) is 0.333. The van der Waals surface area contributed by atoms with Gasteiger partial charge in [-0.2, -0.15) is 0 Å². The van der Waals surface area contributed by atoms with Gasteiger partial charge in [0.1, 0.15) is 11.6 Å². The molecule has 2 aromatic carbocycles. The van der Waals surface area contributed by atoms with Crippen molar-refractivity contribution in [2.24, 2.45) is 4.99 Å². The third kappa shape index (κ3) is 5.81. The van der Waals surface area contributed by atoms with Crippen LogP contribution in [0.25, 0.3) is 0 Å². The molecule has 3 rings (SSSR count). The SMILES string of the molecule is Br.COc1ccc(C(=O)CN(C2=NCCCCC2)c2ccc(Cl)cc2)cc1. The van der Waals surface area contributed by atoms with Crippen molar-refractivity contribution in [1.82, 2.24) is 0 Å². The number of nitrogens with zero attached hydrogens (tertiary/aromatic N) is 2. The number of benzene rings is 2. The van der Waals surface area contributed by atoms with Gasteiger partial charge in [-0.05, 0) is 61.4 Å². The van der Waals surface area contributed by atoms with E-state index < -0.39 is 0 Å². The van der Waals surface area contributed by atoms with Crippen LogP contribution in [0.2, 0.25) is 5.02 Å². The summed E-state index contributed by atoms with van der Waals surface area (Å²) in [5.74, 6) is 1.77. The molecule has 0 unspecified atom stereocenters. The van der Waals surface area contributed by atoms with Gasteiger partial charge in [0.15, 0.2) is 5.78 Å². The first-order valence-electron chi connectivity index (χ1n) is 8.91. The second-order valence-electron chi connectivity index (χ2n) is 6.32. The number of carbonyl (C=O) groups is 1. The zero-order valence-corrected chi connectivity index (χ0v) is 17.8. The Kier molecular flexibility index (Phi) is 8.32. The summed E-state index contributed by atoms with van der Waals surface area (Å²) in [6, 6.07) is 14.8. The van der Waals surface area contributed by atoms with Crippen molar-refractivity contribution in [3.05, 3.63) is 59.1 Å². The average Bonchev–Trinajstić information content (AvgIpc) is 2.96. The summed E-state index contributed by atoms with van der Waals surface area (Å²) in [6.45, 7) is 1.07. The molecule has 0 amide bonds. The highest BCUT2D eigenvalue weighted by Gasteiger charge is 2.19. The van der Waals surface area contributed by atoms with Crippen LogP contribution in [-0.2, 0) is 0 Å². The van der Waals surface area contributed by atoms with Crippen molar-refractivity contribution in [3.63, 3.8) is 0 Å². The molecule has 0 aliphatic carbocycles. The largest absolute Gasteiger partial charge is 0.497 e. The van der Waals surface area contributed by atoms with E-state index in [9.17, 15) is 4.79 Å². The van der Waals surface area contributed by atoms with Gasteiger partial charge in [-0.25, -0.2) is 0 Å². The second kappa shape index (κ2) is 10.5. The molecular formula is C21H24BrClN2O2. The third-order valence-corrected chi connectivity index (χ3v) is 4.77. The van der Waals surface area contributed by atoms with Gasteiger partial charge in [0, 0.05) is 29.2 Å². The molecule has 144 valence electrons. The monoisotopic (exact) mass is 450 g/mol. The minimum Gasteiger partial charge on any atom is -0.497 e. The maximum atomic E-state index is 12.9. The summed E-state index contributed by atoms with van der Waals surface area (Å²) >= 11 is 6.03. The van der Waals surface area contributed by atoms with Crippen molar-refractivity contribution >= 4 is 45.9 Å². The van der Waals surface area contributed by atoms with Crippen LogP contribution in [0, 0.1) is 0 Å². The van der Waals surface area contributed by atoms with Gasteiger partial charge in [0.05, 0.1) is 13.7 Å². The molecule has 0 aromatic heterocycles. The van der Waals surface area contributed by atoms with E-state index in [1.165, 1.54) is 6.42 Å². The fourth-order valence-corrected chi connectivity index (χ4v) is 3.17. The number of methoxy groups -OCH3 is 1. The van der Waals surface area contributed by atoms with Crippen LogP contribution in [0.4, 0.5) is 5.69 Å². The molecular weight excluding hydrogens is 428 g/mol. The molecule has 4 nitrogen and oxygen atoms in total. The molecule has 0 spiro atoms. The lowest BCUT2D eigenvalue weighted by atomic mass is 10.1. The van der Waals surface area contributed by atoms with Crippen molar-refractivity contribution in [3.8, 4) is 5.75 Å². The van der Waals surface area contributed by atoms with Gasteiger partial charge in [-0.3, -0.25) is 9.79 Å². The number of anilines is 1. The summed E-state index contributed by atoms with van der Waals surface area (Å²) in [6.07, 6.45) is 4.26. The predicted molar refractivity (Wildman–Crippen MR) is 117 cm³/mol. The number of Topliss-reactive ketones (excluding diaryl/α,β-unsaturated/α-hetero) is 1. The lowest BCUT2D eigenvalue weighted by molar-refractivity contribution is 0.100. The van der Waals surface area contributed by atoms with E-state index in [-0.39, 0.29) is 29.3 Å². The normalized spacial score (nSPS) is 13.8. The van der Waals surface area contributed by atoms with Crippen LogP contribution in [-0.4, -0.2) is 31.8 Å². The molecule has 1 aliphatic rings. The molecule has 0 saturated carbocycles. The van der Waals surface area contributed by atoms with Crippen LogP contribution in [0.1, 0.15) is 36.0 Å². The molecule has 6 heteroatoms. The van der Waals surface area contributed by atoms with Crippen LogP contribution in [0.15, 0.2) is 53.5 Å². The number of rotatable bonds is 5. The summed E-state index contributed by atoms with van der Waals surface area (Å²) in [5.41, 5.74) is 1.61. The standard InChI is InChI=1S/C21H23ClN2O2.BrH/c1-26-19-12-6-16(7-13-19)20(25)15-24(18-10-8-17(22)9-11-18)21-5-3-2-4-14-23-21;/h6-13H,2-5,14-15H2,1H3;1H. The lowest BCUT2D eigenvalue weighted by Gasteiger charge is -2.25. The van der Waals surface area contributed by atoms with Gasteiger partial charge in [-0.1, -0.05) is 18.0 Å². The molecule has 0 bridgehead atoms. The molecule has 0 fully saturated rings. The van der Waals surface area contributed by atoms with Crippen LogP contribution < -0.4 is 9.64 Å². The summed E-state index contributed by atoms with van der Waals surface area (Å²) < 4.78 is 5.17. The van der Waals surface area contributed by atoms with Gasteiger partial charge >= 0.3 is 0 Å². The summed E-state index contributed by atoms with van der Waals surface area (Å²) in [7, 11) is 1.61. The second-order valence-corrected chi connectivity index (χ2v) is 6.76. The molecule has 2 aromatic rings. The van der Waals surface area contributed by atoms with Gasteiger partial charge < -0.3 is 9.64 Å². The van der Waals surface area contributed by atoms with E-state index in [0.717, 1.165) is 43.1 Å². The first kappa shape index (κ1) is 21.5. The number of amidine groups is 1. The lowest BCUT2D eigenvalue weighted by Crippen LogP contribution is -2.35. The molecule has 1 heterocycles. The number of aliphatic imine (C=N–C) groups is 1. The first-order chi connectivity index (χ1) is 12.7. The van der Waals surface area contributed by atoms with E-state index in [0.29, 0.717) is 10.6 Å². The van der Waals surface area contributed by atoms with Crippen LogP contribution >= 0.6 is 28.6 Å². The van der Waals surface area contributed by atoms with Crippen LogP contribution in [0.5, 0.6) is 5.75 Å². The highest BCUT2D eigenvalue weighted by molar-refractivity contribution is 8.93. The van der Waals surface area contributed by atoms with Crippen molar-refractivity contribution in [1.29, 1.82) is 0 Å². The molecule has 0 saturated heterocycles. The Morgan fingerprint density at radius 1 is 1.07 bits per heavy atom. The average molecular weight is 452 g/mol. The summed E-state index contributed by atoms with van der Waals surface area (Å²) in [4.78, 5) is 19.6. The van der Waals surface area contributed by atoms with Crippen molar-refractivity contribution in [2.45, 2.75) is 25.7 Å². The number of hydrogen-bond acceptors (Lipinski definition) is 4. The Balaban J connectivity index is 0.00000261. The van der Waals surface area contributed by atoms with Gasteiger partial charge in [-0.15, -0.1) is 17.0 Å². The maximum absolute atomic E-state index is 12.9. The zero-order chi connectivity index (χ0) is 18.4. The van der Waals surface area contributed by atoms with E-state index in [1.807, 2.05) is 41.3 Å². The Hall–Kier alpha value is -1.85. The topological polar surface area (TPSA) is 41.9 Å². The smallest absolute Gasteiger partial charge is 0.182 e. The van der Waals surface area contributed by atoms with Crippen LogP contribution in [0.3, 0.4) is 0 Å². The number of ether oxygens (including phenoxy) is 1. The Labute approximate surface area is 176 Å². The van der Waals surface area contributed by atoms with E-state index >= 15 is 0 Å². The van der Waals surface area contributed by atoms with Crippen molar-refractivity contribution < 1.29 is 9.53 Å². The van der Waals surface area contributed by atoms with E-state index in [4.69, 9.17) is 21.3 Å². The number of hydrogen-bond donors (Lipinski definition) is 0. The van der Waals surface area contributed by atoms with E-state index in [2.05, 4.69) is 0 Å². The highest BCUT2D eigenvalue weighted by atomic mass is 79.9. The van der Waals surface area contributed by atoms with Gasteiger partial charge in [0.2, 0.25) is 0 Å². The quantitative estimate of drug-likeness (QED) is 0.557. The Morgan fingerprint density at radius 2 is 1.78 bits per heavy atom. The number of ketones is 1. The van der Waals surface area contributed by atoms with Gasteiger partial charge in [0.25, 0.3) is 0 Å². The predicted octanol–water partition coefficient (Wildman–Crippen LogP) is 5.59. The summed E-state index contributed by atoms with van der Waals surface area (Å²) in [5, 5.41) is 0.679. The fourth-order valence-electron chi connectivity index (χ4n) is 3.04. The van der Waals surface area contributed by atoms with Crippen molar-refractivity contribution in [2.75, 3.05) is 25.1 Å². The zero-order valence-electron chi connectivity index (χ0n) is 15.4. The molecule has 0 radical (unpaired) electrons. The minimum atomic E-state index is 0. The highest BCUT2D eigenvalue weighted by Crippen LogP contribution is 2.22. The first-order valence-corrected chi connectivity index (χ1v) is 9.29. The molecule has 1 aliphatic heterocycles. The molecule has 0 N–H and O–H groups in total. The number of carbonyl (C=O) groups excluding carboxylic acids is 1. The Morgan fingerprint density at radius 3 is 2.44 bits per heavy atom. The number of halogens is 2.